The van der Waals surface area contributed by atoms with E-state index in [0.717, 1.165) is 25.3 Å². The van der Waals surface area contributed by atoms with Crippen molar-refractivity contribution in [3.8, 4) is 0 Å². The number of carbonyl (C=O) groups excluding carboxylic acids is 1. The maximum Gasteiger partial charge on any atom is 0.223 e. The first-order chi connectivity index (χ1) is 7.86. The van der Waals surface area contributed by atoms with Crippen molar-refractivity contribution in [2.24, 2.45) is 11.8 Å². The Labute approximate surface area is 99.2 Å². The number of nitrogens with one attached hydrogen (secondary N) is 1. The highest BCUT2D eigenvalue weighted by molar-refractivity contribution is 5.78. The summed E-state index contributed by atoms with van der Waals surface area (Å²) in [5, 5.41) is 3.14. The van der Waals surface area contributed by atoms with E-state index in [0.29, 0.717) is 11.8 Å². The smallest absolute Gasteiger partial charge is 0.223 e. The average molecular weight is 223 g/mol. The van der Waals surface area contributed by atoms with Crippen LogP contribution in [0.5, 0.6) is 0 Å². The second-order valence-corrected chi connectivity index (χ2v) is 5.57. The topological polar surface area (TPSA) is 29.1 Å². The van der Waals surface area contributed by atoms with Crippen LogP contribution in [0.4, 0.5) is 0 Å². The summed E-state index contributed by atoms with van der Waals surface area (Å²) in [6.45, 7) is 0.917. The minimum Gasteiger partial charge on any atom is -0.356 e. The van der Waals surface area contributed by atoms with Gasteiger partial charge in [0.25, 0.3) is 0 Å². The van der Waals surface area contributed by atoms with Gasteiger partial charge >= 0.3 is 0 Å². The average Bonchev–Trinajstić information content (AvgIpc) is 2.83. The van der Waals surface area contributed by atoms with Crippen LogP contribution >= 0.6 is 0 Å². The van der Waals surface area contributed by atoms with E-state index in [-0.39, 0.29) is 0 Å². The Morgan fingerprint density at radius 2 is 1.56 bits per heavy atom. The Balaban J connectivity index is 1.59. The highest BCUT2D eigenvalue weighted by Crippen LogP contribution is 2.27. The first-order valence-electron chi connectivity index (χ1n) is 7.14. The lowest BCUT2D eigenvalue weighted by Gasteiger charge is -2.21. The maximum absolute atomic E-state index is 11.9. The van der Waals surface area contributed by atoms with E-state index >= 15 is 0 Å². The molecule has 0 bridgehead atoms. The van der Waals surface area contributed by atoms with Crippen LogP contribution in [0.1, 0.15) is 64.2 Å². The first kappa shape index (κ1) is 11.9. The van der Waals surface area contributed by atoms with Crippen molar-refractivity contribution in [1.82, 2.24) is 5.32 Å². The molecule has 2 fully saturated rings. The molecular weight excluding hydrogens is 198 g/mol. The molecule has 2 nitrogen and oxygen atoms in total. The number of amides is 1. The van der Waals surface area contributed by atoms with E-state index in [1.807, 2.05) is 0 Å². The molecule has 0 heterocycles. The van der Waals surface area contributed by atoms with Gasteiger partial charge in [-0.1, -0.05) is 44.9 Å². The summed E-state index contributed by atoms with van der Waals surface area (Å²) in [5.41, 5.74) is 0. The van der Waals surface area contributed by atoms with Crippen molar-refractivity contribution in [1.29, 1.82) is 0 Å². The van der Waals surface area contributed by atoms with Gasteiger partial charge in [-0.3, -0.25) is 4.79 Å². The van der Waals surface area contributed by atoms with Crippen LogP contribution in [0.3, 0.4) is 0 Å². The van der Waals surface area contributed by atoms with Gasteiger partial charge in [-0.05, 0) is 25.2 Å². The SMILES string of the molecule is O=C(NCCC1CCCC1)C1CCCCC1. The van der Waals surface area contributed by atoms with Crippen molar-refractivity contribution in [2.45, 2.75) is 64.2 Å². The van der Waals surface area contributed by atoms with E-state index in [9.17, 15) is 4.79 Å². The molecule has 2 rings (SSSR count). The fourth-order valence-electron chi connectivity index (χ4n) is 3.21. The molecule has 0 aromatic rings. The number of hydrogen-bond donors (Lipinski definition) is 1. The second kappa shape index (κ2) is 6.27. The van der Waals surface area contributed by atoms with Crippen LogP contribution < -0.4 is 5.32 Å². The van der Waals surface area contributed by atoms with Crippen LogP contribution in [0.25, 0.3) is 0 Å². The third-order valence-corrected chi connectivity index (χ3v) is 4.30. The van der Waals surface area contributed by atoms with Gasteiger partial charge in [-0.25, -0.2) is 0 Å². The lowest BCUT2D eigenvalue weighted by molar-refractivity contribution is -0.125. The highest BCUT2D eigenvalue weighted by atomic mass is 16.1. The monoisotopic (exact) mass is 223 g/mol. The van der Waals surface area contributed by atoms with Gasteiger partial charge in [0.05, 0.1) is 0 Å². The van der Waals surface area contributed by atoms with Crippen molar-refractivity contribution < 1.29 is 4.79 Å². The van der Waals surface area contributed by atoms with Gasteiger partial charge in [-0.2, -0.15) is 0 Å². The third kappa shape index (κ3) is 3.50. The molecule has 2 heteroatoms. The molecular formula is C14H25NO. The van der Waals surface area contributed by atoms with E-state index in [1.165, 1.54) is 51.4 Å². The number of carbonyl (C=O) groups is 1. The predicted octanol–water partition coefficient (Wildman–Crippen LogP) is 3.26. The van der Waals surface area contributed by atoms with Gasteiger partial charge in [0.15, 0.2) is 0 Å². The molecule has 0 aliphatic heterocycles. The molecule has 1 N–H and O–H groups in total. The molecule has 0 saturated heterocycles. The van der Waals surface area contributed by atoms with Crippen LogP contribution in [-0.4, -0.2) is 12.5 Å². The van der Waals surface area contributed by atoms with Gasteiger partial charge in [0.2, 0.25) is 5.91 Å². The van der Waals surface area contributed by atoms with Gasteiger partial charge in [0.1, 0.15) is 0 Å². The molecule has 0 unspecified atom stereocenters. The molecule has 92 valence electrons. The summed E-state index contributed by atoms with van der Waals surface area (Å²) in [6, 6.07) is 0. The normalized spacial score (nSPS) is 23.5. The molecule has 0 aromatic carbocycles. The quantitative estimate of drug-likeness (QED) is 0.778. The number of rotatable bonds is 4. The molecule has 2 saturated carbocycles. The van der Waals surface area contributed by atoms with E-state index < -0.39 is 0 Å². The fourth-order valence-corrected chi connectivity index (χ4v) is 3.21. The van der Waals surface area contributed by atoms with Crippen LogP contribution in [0.2, 0.25) is 0 Å². The Bertz CT molecular complexity index is 215. The first-order valence-corrected chi connectivity index (χ1v) is 7.14. The van der Waals surface area contributed by atoms with E-state index in [2.05, 4.69) is 5.32 Å². The molecule has 1 amide bonds. The van der Waals surface area contributed by atoms with Crippen molar-refractivity contribution in [3.05, 3.63) is 0 Å². The fraction of sp³-hybridized carbons (Fsp3) is 0.929. The zero-order chi connectivity index (χ0) is 11.2. The molecule has 0 atom stereocenters. The minimum absolute atomic E-state index is 0.331. The highest BCUT2D eigenvalue weighted by Gasteiger charge is 2.21. The van der Waals surface area contributed by atoms with Gasteiger partial charge in [-0.15, -0.1) is 0 Å². The Morgan fingerprint density at radius 3 is 2.25 bits per heavy atom. The lowest BCUT2D eigenvalue weighted by atomic mass is 9.88. The molecule has 2 aliphatic rings. The van der Waals surface area contributed by atoms with Crippen LogP contribution in [0.15, 0.2) is 0 Å². The van der Waals surface area contributed by atoms with E-state index in [4.69, 9.17) is 0 Å². The zero-order valence-electron chi connectivity index (χ0n) is 10.3. The Hall–Kier alpha value is -0.530. The van der Waals surface area contributed by atoms with Crippen LogP contribution in [0, 0.1) is 11.8 Å². The molecule has 0 radical (unpaired) electrons. The summed E-state index contributed by atoms with van der Waals surface area (Å²) in [7, 11) is 0. The Morgan fingerprint density at radius 1 is 0.938 bits per heavy atom. The molecule has 0 aromatic heterocycles. The van der Waals surface area contributed by atoms with Crippen molar-refractivity contribution in [2.75, 3.05) is 6.54 Å². The van der Waals surface area contributed by atoms with Gasteiger partial charge in [0, 0.05) is 12.5 Å². The summed E-state index contributed by atoms with van der Waals surface area (Å²) in [5.74, 6) is 1.56. The maximum atomic E-state index is 11.9. The summed E-state index contributed by atoms with van der Waals surface area (Å²) in [4.78, 5) is 11.9. The Kier molecular flexibility index (Phi) is 4.68. The minimum atomic E-state index is 0.331. The largest absolute Gasteiger partial charge is 0.356 e. The standard InChI is InChI=1S/C14H25NO/c16-14(13-8-2-1-3-9-13)15-11-10-12-6-4-5-7-12/h12-13H,1-11H2,(H,15,16). The summed E-state index contributed by atoms with van der Waals surface area (Å²) >= 11 is 0. The summed E-state index contributed by atoms with van der Waals surface area (Å²) in [6.07, 6.45) is 12.9. The van der Waals surface area contributed by atoms with E-state index in [1.54, 1.807) is 0 Å². The van der Waals surface area contributed by atoms with Crippen LogP contribution in [-0.2, 0) is 4.79 Å². The zero-order valence-corrected chi connectivity index (χ0v) is 10.3. The summed E-state index contributed by atoms with van der Waals surface area (Å²) < 4.78 is 0. The second-order valence-electron chi connectivity index (χ2n) is 5.57. The van der Waals surface area contributed by atoms with Gasteiger partial charge < -0.3 is 5.32 Å². The molecule has 2 aliphatic carbocycles. The predicted molar refractivity (Wildman–Crippen MR) is 66.2 cm³/mol. The van der Waals surface area contributed by atoms with Crippen molar-refractivity contribution >= 4 is 5.91 Å². The van der Waals surface area contributed by atoms with Crippen molar-refractivity contribution in [3.63, 3.8) is 0 Å². The number of hydrogen-bond acceptors (Lipinski definition) is 1. The molecule has 0 spiro atoms. The third-order valence-electron chi connectivity index (χ3n) is 4.30. The lowest BCUT2D eigenvalue weighted by Crippen LogP contribution is -2.33. The molecule has 16 heavy (non-hydrogen) atoms.